The van der Waals surface area contributed by atoms with Crippen LogP contribution in [-0.2, 0) is 68.5 Å². The van der Waals surface area contributed by atoms with Crippen LogP contribution in [-0.4, -0.2) is 122 Å². The first-order valence-electron chi connectivity index (χ1n) is 31.5. The van der Waals surface area contributed by atoms with E-state index in [4.69, 9.17) is 0 Å². The van der Waals surface area contributed by atoms with Crippen LogP contribution in [0.2, 0.25) is 0 Å². The number of Topliss-reactive ketones (excluding diaryl/α,β-unsaturated/α-hetero) is 4. The van der Waals surface area contributed by atoms with E-state index < -0.39 is 50.2 Å². The zero-order chi connectivity index (χ0) is 61.8. The summed E-state index contributed by atoms with van der Waals surface area (Å²) in [6.07, 6.45) is 14.0. The second-order valence-electron chi connectivity index (χ2n) is 28.9. The average Bonchev–Trinajstić information content (AvgIpc) is 4.34. The van der Waals surface area contributed by atoms with Gasteiger partial charge in [0, 0.05) is 74.3 Å². The molecule has 2 amide bonds. The lowest BCUT2D eigenvalue weighted by Crippen LogP contribution is -2.46. The van der Waals surface area contributed by atoms with Crippen molar-refractivity contribution in [1.82, 2.24) is 8.61 Å². The molecule has 0 radical (unpaired) electrons. The van der Waals surface area contributed by atoms with Gasteiger partial charge in [0.25, 0.3) is 0 Å². The van der Waals surface area contributed by atoms with Crippen molar-refractivity contribution in [2.45, 2.75) is 271 Å². The van der Waals surface area contributed by atoms with Gasteiger partial charge in [-0.1, -0.05) is 96.9 Å². The highest BCUT2D eigenvalue weighted by Gasteiger charge is 2.51. The van der Waals surface area contributed by atoms with Gasteiger partial charge in [-0.05, 0) is 149 Å². The molecule has 20 heteroatoms. The van der Waals surface area contributed by atoms with E-state index in [2.05, 4.69) is 13.8 Å². The summed E-state index contributed by atoms with van der Waals surface area (Å²) >= 11 is 0. The molecule has 8 fully saturated rings. The third-order valence-electron chi connectivity index (χ3n) is 18.7. The van der Waals surface area contributed by atoms with Gasteiger partial charge in [0.15, 0.2) is 19.7 Å². The molecule has 82 heavy (non-hydrogen) atoms. The fourth-order valence-electron chi connectivity index (χ4n) is 13.7. The van der Waals surface area contributed by atoms with Gasteiger partial charge in [-0.15, -0.1) is 0 Å². The lowest BCUT2D eigenvalue weighted by molar-refractivity contribution is -0.131. The van der Waals surface area contributed by atoms with Crippen LogP contribution in [0.15, 0.2) is 0 Å². The standard InChI is InChI=1S/2C18H31NO4S.2C13H22O3S/c2*1-6-16(20)15-10-13(9-12(15)2)19(17(21)11-18(3,4)5)24(22,23)14-7-8-14;2*1-3-13(14)12-7-10(6-9(12)2)8-17(15,16)11-4-5-11/h2*12-15H,6-11H2,1-5H3;2*9-12H,3-8H2,1-2H3/t2*12-,13+,15+;2*9-,10+,12+/m1010/s1. The van der Waals surface area contributed by atoms with Gasteiger partial charge in [0.05, 0.1) is 32.5 Å². The van der Waals surface area contributed by atoms with Gasteiger partial charge in [-0.2, -0.15) is 0 Å². The predicted octanol–water partition coefficient (Wildman–Crippen LogP) is 10.7. The van der Waals surface area contributed by atoms with Crippen LogP contribution in [0, 0.1) is 70.0 Å². The third-order valence-corrected chi connectivity index (χ3v) is 28.3. The summed E-state index contributed by atoms with van der Waals surface area (Å²) in [5, 5.41) is -0.923. The maximum Gasteiger partial charge on any atom is 0.240 e. The van der Waals surface area contributed by atoms with Crippen LogP contribution in [0.4, 0.5) is 0 Å². The minimum absolute atomic E-state index is 0.0567. The van der Waals surface area contributed by atoms with E-state index in [1.807, 2.05) is 83.1 Å². The number of hydrogen-bond donors (Lipinski definition) is 0. The van der Waals surface area contributed by atoms with Crippen molar-refractivity contribution < 1.29 is 62.4 Å². The summed E-state index contributed by atoms with van der Waals surface area (Å²) in [7, 11) is -12.9. The lowest BCUT2D eigenvalue weighted by atomic mass is 9.91. The monoisotopic (exact) mass is 1230 g/mol. The highest BCUT2D eigenvalue weighted by atomic mass is 32.2. The van der Waals surface area contributed by atoms with Crippen molar-refractivity contribution in [3.05, 3.63) is 0 Å². The van der Waals surface area contributed by atoms with E-state index in [-0.39, 0.29) is 117 Å². The maximum absolute atomic E-state index is 12.9. The fraction of sp³-hybridized carbons (Fsp3) is 0.903. The normalized spacial score (nSPS) is 30.4. The van der Waals surface area contributed by atoms with E-state index in [0.29, 0.717) is 112 Å². The Kier molecular flexibility index (Phi) is 24.0. The van der Waals surface area contributed by atoms with Crippen LogP contribution < -0.4 is 0 Å². The topological polar surface area (TPSA) is 245 Å². The van der Waals surface area contributed by atoms with Gasteiger partial charge < -0.3 is 0 Å². The molecule has 472 valence electrons. The Bertz CT molecular complexity index is 2540. The van der Waals surface area contributed by atoms with Crippen molar-refractivity contribution >= 4 is 74.7 Å². The van der Waals surface area contributed by atoms with E-state index in [1.54, 1.807) is 0 Å². The Labute approximate surface area is 495 Å². The van der Waals surface area contributed by atoms with E-state index in [0.717, 1.165) is 51.4 Å². The summed E-state index contributed by atoms with van der Waals surface area (Å²) in [5.41, 5.74) is -0.533. The molecule has 0 spiro atoms. The van der Waals surface area contributed by atoms with Gasteiger partial charge in [-0.25, -0.2) is 42.3 Å². The van der Waals surface area contributed by atoms with E-state index >= 15 is 0 Å². The Morgan fingerprint density at radius 3 is 0.841 bits per heavy atom. The van der Waals surface area contributed by atoms with Crippen LogP contribution >= 0.6 is 0 Å². The Balaban J connectivity index is 0.000000203. The molecule has 0 bridgehead atoms. The number of carbonyl (C=O) groups excluding carboxylic acids is 6. The van der Waals surface area contributed by atoms with Crippen LogP contribution in [0.25, 0.3) is 0 Å². The second-order valence-corrected chi connectivity index (χ2v) is 37.8. The number of hydrogen-bond acceptors (Lipinski definition) is 14. The summed E-state index contributed by atoms with van der Waals surface area (Å²) in [6, 6.07) is -0.720. The first-order chi connectivity index (χ1) is 37.8. The molecule has 0 unspecified atom stereocenters. The summed E-state index contributed by atoms with van der Waals surface area (Å²) in [4.78, 5) is 73.4. The van der Waals surface area contributed by atoms with Crippen molar-refractivity contribution in [3.63, 3.8) is 0 Å². The molecule has 12 atom stereocenters. The molecule has 8 saturated carbocycles. The molecular weight excluding hydrogens is 1120 g/mol. The number of amides is 2. The second kappa shape index (κ2) is 28.1. The molecule has 0 heterocycles. The van der Waals surface area contributed by atoms with Gasteiger partial charge >= 0.3 is 0 Å². The number of ketones is 4. The van der Waals surface area contributed by atoms with E-state index in [1.165, 1.54) is 8.61 Å². The van der Waals surface area contributed by atoms with Crippen LogP contribution in [0.1, 0.15) is 238 Å². The minimum atomic E-state index is -3.59. The SMILES string of the molecule is CCC(=O)[C@@H]1C[C@H](CS(=O)(=O)C2CC2)C[C@@H]1C.CCC(=O)[C@@H]1C[C@H](N(C(=O)CC(C)(C)C)S(=O)(=O)C2CC2)C[C@@H]1C.CCC(=O)[C@H]1C[C@@H](CS(=O)(=O)C2CC2)C[C@H]1C.CCC(=O)[C@H]1C[C@@H](N(C(=O)CC(C)(C)C)S(=O)(=O)C2CC2)C[C@H]1C. The summed E-state index contributed by atoms with van der Waals surface area (Å²) in [6.45, 7) is 27.3. The summed E-state index contributed by atoms with van der Waals surface area (Å²) < 4.78 is 102. The molecule has 0 aromatic heterocycles. The number of nitrogens with zero attached hydrogens (tertiary/aromatic N) is 2. The maximum atomic E-state index is 12.9. The fourth-order valence-corrected chi connectivity index (χ4v) is 21.8. The number of sulfonamides is 2. The quantitative estimate of drug-likeness (QED) is 0.0979. The van der Waals surface area contributed by atoms with Crippen molar-refractivity contribution in [1.29, 1.82) is 0 Å². The van der Waals surface area contributed by atoms with Gasteiger partial charge in [0.1, 0.15) is 23.1 Å². The molecule has 0 saturated heterocycles. The Morgan fingerprint density at radius 2 is 0.610 bits per heavy atom. The molecule has 0 N–H and O–H groups in total. The van der Waals surface area contributed by atoms with Crippen molar-refractivity contribution in [2.75, 3.05) is 11.5 Å². The van der Waals surface area contributed by atoms with Crippen molar-refractivity contribution in [3.8, 4) is 0 Å². The zero-order valence-electron chi connectivity index (χ0n) is 52.5. The van der Waals surface area contributed by atoms with Gasteiger partial charge in [0.2, 0.25) is 31.9 Å². The Hall–Kier alpha value is -2.58. The number of carbonyl (C=O) groups is 6. The van der Waals surface area contributed by atoms with Gasteiger partial charge in [-0.3, -0.25) is 28.8 Å². The number of sulfone groups is 2. The minimum Gasteiger partial charge on any atom is -0.299 e. The molecule has 8 aliphatic rings. The first kappa shape index (κ1) is 70.2. The number of rotatable bonds is 22. The molecular formula is C62H106N2O14S4. The lowest BCUT2D eigenvalue weighted by Gasteiger charge is -2.31. The molecule has 0 aromatic rings. The molecule has 8 rings (SSSR count). The first-order valence-corrected chi connectivity index (χ1v) is 37.9. The molecule has 0 aromatic carbocycles. The zero-order valence-corrected chi connectivity index (χ0v) is 55.7. The largest absolute Gasteiger partial charge is 0.299 e. The van der Waals surface area contributed by atoms with Crippen LogP contribution in [0.3, 0.4) is 0 Å². The van der Waals surface area contributed by atoms with E-state index in [9.17, 15) is 62.4 Å². The highest BCUT2D eigenvalue weighted by Crippen LogP contribution is 2.45. The summed E-state index contributed by atoms with van der Waals surface area (Å²) in [5.74, 6) is 2.37. The third kappa shape index (κ3) is 19.2. The predicted molar refractivity (Wildman–Crippen MR) is 323 cm³/mol. The molecule has 0 aliphatic heterocycles. The molecule has 16 nitrogen and oxygen atoms in total. The Morgan fingerprint density at radius 1 is 0.366 bits per heavy atom. The van der Waals surface area contributed by atoms with Crippen LogP contribution in [0.5, 0.6) is 0 Å². The van der Waals surface area contributed by atoms with Crippen molar-refractivity contribution in [2.24, 2.45) is 70.0 Å². The molecule has 8 aliphatic carbocycles. The average molecular weight is 1230 g/mol. The highest BCUT2D eigenvalue weighted by molar-refractivity contribution is 7.92. The smallest absolute Gasteiger partial charge is 0.240 e.